The molecule has 34 heavy (non-hydrogen) atoms. The lowest BCUT2D eigenvalue weighted by Gasteiger charge is -2.24. The molecule has 4 aromatic rings. The third-order valence-electron chi connectivity index (χ3n) is 5.44. The minimum absolute atomic E-state index is 0.0370. The van der Waals surface area contributed by atoms with Crippen LogP contribution in [0.15, 0.2) is 83.7 Å². The number of hydrogen-bond donors (Lipinski definition) is 2. The molecule has 9 nitrogen and oxygen atoms in total. The number of carbonyl (C=O) groups is 2. The van der Waals surface area contributed by atoms with E-state index in [1.165, 1.54) is 12.1 Å². The summed E-state index contributed by atoms with van der Waals surface area (Å²) in [6, 6.07) is 19.1. The highest BCUT2D eigenvalue weighted by Crippen LogP contribution is 2.16. The first-order chi connectivity index (χ1) is 16.4. The number of phenolic OH excluding ortho intramolecular Hbond substituents is 1. The lowest BCUT2D eigenvalue weighted by atomic mass is 10.0. The molecule has 0 radical (unpaired) electrons. The molecular formula is C25H21N4O5-. The zero-order valence-corrected chi connectivity index (χ0v) is 18.0. The van der Waals surface area contributed by atoms with Crippen molar-refractivity contribution >= 4 is 22.8 Å². The third-order valence-corrected chi connectivity index (χ3v) is 5.44. The topological polar surface area (TPSA) is 137 Å². The van der Waals surface area contributed by atoms with E-state index in [4.69, 9.17) is 0 Å². The average Bonchev–Trinajstić information content (AvgIpc) is 2.84. The number of carboxylic acids is 1. The highest BCUT2D eigenvalue weighted by Gasteiger charge is 2.27. The fourth-order valence-corrected chi connectivity index (χ4v) is 3.66. The molecule has 1 heterocycles. The van der Waals surface area contributed by atoms with Crippen LogP contribution in [0.2, 0.25) is 0 Å². The van der Waals surface area contributed by atoms with Gasteiger partial charge in [-0.2, -0.15) is 4.68 Å². The molecule has 0 saturated heterocycles. The van der Waals surface area contributed by atoms with E-state index >= 15 is 0 Å². The van der Waals surface area contributed by atoms with Gasteiger partial charge in [0.2, 0.25) is 5.91 Å². The van der Waals surface area contributed by atoms with Crippen LogP contribution in [0.5, 0.6) is 5.75 Å². The second kappa shape index (κ2) is 9.95. The van der Waals surface area contributed by atoms with E-state index in [9.17, 15) is 24.6 Å². The van der Waals surface area contributed by atoms with Crippen molar-refractivity contribution in [1.29, 1.82) is 0 Å². The summed E-state index contributed by atoms with van der Waals surface area (Å²) >= 11 is 0. The number of aliphatic carboxylic acids is 1. The van der Waals surface area contributed by atoms with E-state index in [1.807, 2.05) is 6.07 Å². The number of carbonyl (C=O) groups excluding carboxylic acids is 2. The van der Waals surface area contributed by atoms with Crippen molar-refractivity contribution in [3.05, 3.63) is 100 Å². The normalized spacial score (nSPS) is 12.7. The van der Waals surface area contributed by atoms with Crippen LogP contribution in [0.25, 0.3) is 10.9 Å². The molecule has 0 bridgehead atoms. The monoisotopic (exact) mass is 457 g/mol. The van der Waals surface area contributed by atoms with Crippen molar-refractivity contribution in [1.82, 2.24) is 20.3 Å². The number of amides is 1. The average molecular weight is 457 g/mol. The molecule has 2 atom stereocenters. The van der Waals surface area contributed by atoms with Gasteiger partial charge >= 0.3 is 0 Å². The summed E-state index contributed by atoms with van der Waals surface area (Å²) in [5, 5.41) is 32.0. The number of fused-ring (bicyclic) bond motifs is 1. The van der Waals surface area contributed by atoms with Gasteiger partial charge in [0.15, 0.2) is 0 Å². The Balaban J connectivity index is 1.67. The first-order valence-electron chi connectivity index (χ1n) is 10.6. The van der Waals surface area contributed by atoms with Gasteiger partial charge in [-0.05, 0) is 41.8 Å². The van der Waals surface area contributed by atoms with Gasteiger partial charge in [-0.1, -0.05) is 59.8 Å². The van der Waals surface area contributed by atoms with Crippen molar-refractivity contribution in [3.8, 4) is 5.75 Å². The minimum Gasteiger partial charge on any atom is -0.548 e. The lowest BCUT2D eigenvalue weighted by Crippen LogP contribution is -2.52. The molecule has 0 spiro atoms. The summed E-state index contributed by atoms with van der Waals surface area (Å²) in [7, 11) is 0. The summed E-state index contributed by atoms with van der Waals surface area (Å²) in [5.74, 6) is -2.14. The van der Waals surface area contributed by atoms with Crippen LogP contribution in [0.3, 0.4) is 0 Å². The molecule has 0 unspecified atom stereocenters. The number of carboxylic acid groups (broad SMARTS) is 1. The van der Waals surface area contributed by atoms with Crippen LogP contribution >= 0.6 is 0 Å². The third kappa shape index (κ3) is 5.09. The van der Waals surface area contributed by atoms with Crippen LogP contribution < -0.4 is 16.0 Å². The van der Waals surface area contributed by atoms with Crippen molar-refractivity contribution in [3.63, 3.8) is 0 Å². The number of phenols is 1. The smallest absolute Gasteiger partial charge is 0.278 e. The van der Waals surface area contributed by atoms with Gasteiger partial charge in [0.1, 0.15) is 17.3 Å². The standard InChI is InChI=1S/C25H22N4O5/c30-18-12-10-17(11-13-18)14-21(25(33)34)26-23(31)22(15-16-6-2-1-3-7-16)29-24(32)19-8-4-5-9-20(19)27-28-29/h1-13,21-22,30H,14-15H2,(H,26,31)(H,33,34)/p-1/t21-,22-/m0/s1. The van der Waals surface area contributed by atoms with Gasteiger partial charge < -0.3 is 20.3 Å². The van der Waals surface area contributed by atoms with E-state index < -0.39 is 29.5 Å². The molecule has 1 aromatic heterocycles. The Hall–Kier alpha value is -4.53. The molecule has 1 amide bonds. The van der Waals surface area contributed by atoms with E-state index in [0.29, 0.717) is 16.5 Å². The number of nitrogens with one attached hydrogen (secondary N) is 1. The van der Waals surface area contributed by atoms with Gasteiger partial charge in [0.05, 0.1) is 17.4 Å². The molecule has 9 heteroatoms. The predicted octanol–water partition coefficient (Wildman–Crippen LogP) is 0.758. The summed E-state index contributed by atoms with van der Waals surface area (Å²) in [6.45, 7) is 0. The fraction of sp³-hybridized carbons (Fsp3) is 0.160. The maximum absolute atomic E-state index is 13.3. The Morgan fingerprint density at radius 2 is 1.56 bits per heavy atom. The number of nitrogens with zero attached hydrogens (tertiary/aromatic N) is 3. The Labute approximate surface area is 194 Å². The van der Waals surface area contributed by atoms with Gasteiger partial charge in [0.25, 0.3) is 5.56 Å². The minimum atomic E-state index is -1.48. The molecular weight excluding hydrogens is 436 g/mol. The van der Waals surface area contributed by atoms with Gasteiger partial charge in [-0.15, -0.1) is 5.10 Å². The fourth-order valence-electron chi connectivity index (χ4n) is 3.66. The Kier molecular flexibility index (Phi) is 6.63. The number of aromatic hydroxyl groups is 1. The highest BCUT2D eigenvalue weighted by molar-refractivity contribution is 5.86. The molecule has 0 saturated carbocycles. The second-order valence-electron chi connectivity index (χ2n) is 7.81. The van der Waals surface area contributed by atoms with E-state index in [-0.39, 0.29) is 18.6 Å². The zero-order valence-electron chi connectivity index (χ0n) is 18.0. The number of benzene rings is 3. The van der Waals surface area contributed by atoms with E-state index in [0.717, 1.165) is 10.2 Å². The molecule has 0 aliphatic rings. The number of rotatable bonds is 8. The molecule has 3 aromatic carbocycles. The SMILES string of the molecule is O=C([O-])[C@H](Cc1ccc(O)cc1)NC(=O)[C@H](Cc1ccccc1)n1nnc2ccccc2c1=O. The molecule has 2 N–H and O–H groups in total. The highest BCUT2D eigenvalue weighted by atomic mass is 16.4. The molecule has 0 aliphatic carbocycles. The van der Waals surface area contributed by atoms with Gasteiger partial charge in [-0.3, -0.25) is 9.59 Å². The summed E-state index contributed by atoms with van der Waals surface area (Å²) in [4.78, 5) is 38.3. The van der Waals surface area contributed by atoms with Crippen LogP contribution in [0.4, 0.5) is 0 Å². The zero-order chi connectivity index (χ0) is 24.1. The largest absolute Gasteiger partial charge is 0.548 e. The molecule has 0 fully saturated rings. The van der Waals surface area contributed by atoms with Gasteiger partial charge in [-0.25, -0.2) is 0 Å². The quantitative estimate of drug-likeness (QED) is 0.398. The Bertz CT molecular complexity index is 1370. The number of aromatic nitrogens is 3. The van der Waals surface area contributed by atoms with Crippen LogP contribution in [-0.2, 0) is 22.4 Å². The first-order valence-corrected chi connectivity index (χ1v) is 10.6. The van der Waals surface area contributed by atoms with Crippen molar-refractivity contribution in [2.24, 2.45) is 0 Å². The van der Waals surface area contributed by atoms with Crippen LogP contribution in [0, 0.1) is 0 Å². The molecule has 0 aliphatic heterocycles. The molecule has 4 rings (SSSR count). The first kappa shape index (κ1) is 22.7. The Morgan fingerprint density at radius 1 is 0.912 bits per heavy atom. The van der Waals surface area contributed by atoms with Crippen molar-refractivity contribution in [2.75, 3.05) is 0 Å². The van der Waals surface area contributed by atoms with Crippen molar-refractivity contribution in [2.45, 2.75) is 24.9 Å². The summed E-state index contributed by atoms with van der Waals surface area (Å²) in [6.07, 6.45) is 0.0310. The predicted molar refractivity (Wildman–Crippen MR) is 122 cm³/mol. The maximum atomic E-state index is 13.3. The number of hydrogen-bond acceptors (Lipinski definition) is 7. The second-order valence-corrected chi connectivity index (χ2v) is 7.81. The van der Waals surface area contributed by atoms with Crippen LogP contribution in [-0.4, -0.2) is 38.0 Å². The lowest BCUT2D eigenvalue weighted by molar-refractivity contribution is -0.308. The van der Waals surface area contributed by atoms with Crippen LogP contribution in [0.1, 0.15) is 17.2 Å². The summed E-state index contributed by atoms with van der Waals surface area (Å²) < 4.78 is 0.984. The molecule has 172 valence electrons. The summed E-state index contributed by atoms with van der Waals surface area (Å²) in [5.41, 5.74) is 1.22. The van der Waals surface area contributed by atoms with Gasteiger partial charge in [0, 0.05) is 6.42 Å². The van der Waals surface area contributed by atoms with Crippen molar-refractivity contribution < 1.29 is 19.8 Å². The Morgan fingerprint density at radius 3 is 2.26 bits per heavy atom. The van der Waals surface area contributed by atoms with E-state index in [1.54, 1.807) is 60.7 Å². The maximum Gasteiger partial charge on any atom is 0.278 e. The van der Waals surface area contributed by atoms with E-state index in [2.05, 4.69) is 15.6 Å².